The molecular weight excluding hydrogens is 587 g/mol. The van der Waals surface area contributed by atoms with E-state index >= 15 is 0 Å². The van der Waals surface area contributed by atoms with Crippen LogP contribution in [0.1, 0.15) is 44.6 Å². The summed E-state index contributed by atoms with van der Waals surface area (Å²) in [7, 11) is -3.95. The fourth-order valence-electron chi connectivity index (χ4n) is 5.12. The molecular formula is C25H25BrCl2N4O3S. The summed E-state index contributed by atoms with van der Waals surface area (Å²) in [5, 5.41) is 0.681. The first kappa shape index (κ1) is 25.7. The Balaban J connectivity index is 1.63. The van der Waals surface area contributed by atoms with Crippen LogP contribution in [0.2, 0.25) is 10.0 Å². The van der Waals surface area contributed by atoms with Crippen molar-refractivity contribution in [3.8, 4) is 0 Å². The predicted molar refractivity (Wildman–Crippen MR) is 145 cm³/mol. The molecule has 1 aliphatic carbocycles. The van der Waals surface area contributed by atoms with Crippen LogP contribution in [0, 0.1) is 0 Å². The zero-order valence-corrected chi connectivity index (χ0v) is 23.5. The summed E-state index contributed by atoms with van der Waals surface area (Å²) < 4.78 is 32.5. The number of aromatic nitrogens is 2. The summed E-state index contributed by atoms with van der Waals surface area (Å²) in [4.78, 5) is 19.9. The van der Waals surface area contributed by atoms with Gasteiger partial charge < -0.3 is 0 Å². The first-order chi connectivity index (χ1) is 17.1. The van der Waals surface area contributed by atoms with E-state index < -0.39 is 15.6 Å². The third kappa shape index (κ3) is 4.72. The van der Waals surface area contributed by atoms with Crippen molar-refractivity contribution in [2.45, 2.75) is 62.1 Å². The van der Waals surface area contributed by atoms with Crippen LogP contribution >= 0.6 is 39.1 Å². The van der Waals surface area contributed by atoms with Gasteiger partial charge >= 0.3 is 0 Å². The molecule has 1 saturated carbocycles. The number of carbonyl (C=O) groups is 1. The third-order valence-electron chi connectivity index (χ3n) is 6.84. The number of anilines is 2. The Kier molecular flexibility index (Phi) is 6.97. The molecule has 0 radical (unpaired) electrons. The number of rotatable bonds is 6. The van der Waals surface area contributed by atoms with Gasteiger partial charge in [-0.2, -0.15) is 0 Å². The molecule has 2 aromatic carbocycles. The van der Waals surface area contributed by atoms with E-state index in [1.54, 1.807) is 25.1 Å². The molecule has 1 unspecified atom stereocenters. The lowest BCUT2D eigenvalue weighted by Crippen LogP contribution is -2.43. The van der Waals surface area contributed by atoms with Gasteiger partial charge in [0, 0.05) is 27.0 Å². The van der Waals surface area contributed by atoms with E-state index in [0.29, 0.717) is 15.7 Å². The van der Waals surface area contributed by atoms with Crippen LogP contribution in [-0.2, 0) is 26.8 Å². The fraction of sp³-hybridized carbons (Fsp3) is 0.360. The smallest absolute Gasteiger partial charge is 0.260 e. The van der Waals surface area contributed by atoms with E-state index in [4.69, 9.17) is 23.2 Å². The van der Waals surface area contributed by atoms with Gasteiger partial charge in [-0.1, -0.05) is 70.5 Å². The highest BCUT2D eigenvalue weighted by Crippen LogP contribution is 2.44. The lowest BCUT2D eigenvalue weighted by molar-refractivity contribution is -0.124. The fourth-order valence-corrected chi connectivity index (χ4v) is 7.41. The predicted octanol–water partition coefficient (Wildman–Crippen LogP) is 6.20. The molecule has 1 aliphatic heterocycles. The summed E-state index contributed by atoms with van der Waals surface area (Å²) >= 11 is 15.9. The van der Waals surface area contributed by atoms with Crippen LogP contribution in [0.25, 0.3) is 0 Å². The molecule has 190 valence electrons. The normalized spacial score (nSPS) is 20.7. The van der Waals surface area contributed by atoms with Crippen molar-refractivity contribution in [1.29, 1.82) is 0 Å². The van der Waals surface area contributed by atoms with Crippen molar-refractivity contribution in [3.05, 3.63) is 68.7 Å². The number of sulfonamides is 1. The number of halogens is 3. The molecule has 2 aliphatic rings. The maximum atomic E-state index is 14.1. The van der Waals surface area contributed by atoms with Gasteiger partial charge in [0.15, 0.2) is 5.03 Å². The highest BCUT2D eigenvalue weighted by atomic mass is 79.9. The number of hydrogen-bond acceptors (Lipinski definition) is 4. The maximum absolute atomic E-state index is 14.1. The van der Waals surface area contributed by atoms with E-state index in [0.717, 1.165) is 42.1 Å². The number of nitrogens with zero attached hydrogens (tertiary/aromatic N) is 3. The number of fused-ring (bicyclic) bond motifs is 1. The van der Waals surface area contributed by atoms with Crippen molar-refractivity contribution in [3.63, 3.8) is 0 Å². The molecule has 1 fully saturated rings. The first-order valence-corrected chi connectivity index (χ1v) is 14.8. The number of imidazole rings is 1. The van der Waals surface area contributed by atoms with E-state index in [-0.39, 0.29) is 29.3 Å². The van der Waals surface area contributed by atoms with Crippen molar-refractivity contribution in [2.75, 3.05) is 4.90 Å². The summed E-state index contributed by atoms with van der Waals surface area (Å²) in [5.41, 5.74) is 0.0433. The van der Waals surface area contributed by atoms with Crippen LogP contribution < -0.4 is 9.62 Å². The summed E-state index contributed by atoms with van der Waals surface area (Å²) in [5.74, 6) is -0.108. The van der Waals surface area contributed by atoms with E-state index in [1.165, 1.54) is 15.7 Å². The number of hydrogen-bond donors (Lipinski definition) is 1. The Morgan fingerprint density at radius 3 is 2.36 bits per heavy atom. The Hall–Kier alpha value is -1.91. The molecule has 1 aromatic heterocycles. The number of benzene rings is 2. The van der Waals surface area contributed by atoms with Gasteiger partial charge in [0.25, 0.3) is 15.9 Å². The second kappa shape index (κ2) is 9.76. The second-order valence-corrected chi connectivity index (χ2v) is 13.0. The molecule has 5 rings (SSSR count). The van der Waals surface area contributed by atoms with Crippen molar-refractivity contribution in [1.82, 2.24) is 14.3 Å². The van der Waals surface area contributed by atoms with Gasteiger partial charge in [0.2, 0.25) is 5.95 Å². The van der Waals surface area contributed by atoms with Crippen LogP contribution in [-0.4, -0.2) is 29.9 Å². The topological polar surface area (TPSA) is 84.3 Å². The molecule has 36 heavy (non-hydrogen) atoms. The second-order valence-electron chi connectivity index (χ2n) is 9.53. The van der Waals surface area contributed by atoms with E-state index in [9.17, 15) is 13.2 Å². The van der Waals surface area contributed by atoms with Gasteiger partial charge in [0.05, 0.1) is 11.9 Å². The molecule has 1 atom stereocenters. The SMILES string of the molecule is CC1(Cc2ccc(Br)cc2)C(=O)N(c2cc(Cl)cc(Cl)c2)c2ncc(S(=O)(=O)NC3CCCCC3)n21. The number of amides is 1. The molecule has 11 heteroatoms. The Bertz CT molecular complexity index is 1400. The Labute approximate surface area is 229 Å². The largest absolute Gasteiger partial charge is 0.284 e. The van der Waals surface area contributed by atoms with Gasteiger partial charge in [0.1, 0.15) is 5.54 Å². The van der Waals surface area contributed by atoms with Crippen LogP contribution in [0.4, 0.5) is 11.6 Å². The molecule has 0 spiro atoms. The van der Waals surface area contributed by atoms with Gasteiger partial charge in [-0.3, -0.25) is 9.36 Å². The maximum Gasteiger partial charge on any atom is 0.260 e. The average Bonchev–Trinajstić information content (AvgIpc) is 3.34. The lowest BCUT2D eigenvalue weighted by atomic mass is 9.92. The lowest BCUT2D eigenvalue weighted by Gasteiger charge is -2.28. The van der Waals surface area contributed by atoms with Crippen LogP contribution in [0.15, 0.2) is 58.2 Å². The van der Waals surface area contributed by atoms with E-state index in [1.807, 2.05) is 24.3 Å². The average molecular weight is 612 g/mol. The number of carbonyl (C=O) groups excluding carboxylic acids is 1. The molecule has 3 aromatic rings. The summed E-state index contributed by atoms with van der Waals surface area (Å²) in [6, 6.07) is 12.3. The first-order valence-electron chi connectivity index (χ1n) is 11.7. The Morgan fingerprint density at radius 2 is 1.72 bits per heavy atom. The molecule has 0 saturated heterocycles. The zero-order valence-electron chi connectivity index (χ0n) is 19.5. The minimum Gasteiger partial charge on any atom is -0.284 e. The summed E-state index contributed by atoms with van der Waals surface area (Å²) in [6.07, 6.45) is 6.26. The van der Waals surface area contributed by atoms with Crippen molar-refractivity contribution in [2.24, 2.45) is 0 Å². The van der Waals surface area contributed by atoms with Gasteiger partial charge in [-0.05, 0) is 55.7 Å². The highest BCUT2D eigenvalue weighted by molar-refractivity contribution is 9.10. The van der Waals surface area contributed by atoms with Gasteiger partial charge in [-0.15, -0.1) is 0 Å². The molecule has 1 N–H and O–H groups in total. The quantitative estimate of drug-likeness (QED) is 0.360. The Morgan fingerprint density at radius 1 is 1.08 bits per heavy atom. The van der Waals surface area contributed by atoms with Crippen LogP contribution in [0.3, 0.4) is 0 Å². The van der Waals surface area contributed by atoms with Gasteiger partial charge in [-0.25, -0.2) is 23.0 Å². The monoisotopic (exact) mass is 610 g/mol. The van der Waals surface area contributed by atoms with Crippen molar-refractivity contribution < 1.29 is 13.2 Å². The van der Waals surface area contributed by atoms with E-state index in [2.05, 4.69) is 25.6 Å². The summed E-state index contributed by atoms with van der Waals surface area (Å²) in [6.45, 7) is 1.74. The molecule has 2 heterocycles. The zero-order chi connectivity index (χ0) is 25.7. The molecule has 0 bridgehead atoms. The molecule has 7 nitrogen and oxygen atoms in total. The minimum atomic E-state index is -3.95. The van der Waals surface area contributed by atoms with Crippen molar-refractivity contribution >= 4 is 66.7 Å². The highest BCUT2D eigenvalue weighted by Gasteiger charge is 2.52. The number of nitrogens with one attached hydrogen (secondary N) is 1. The minimum absolute atomic E-state index is 0.0355. The molecule has 1 amide bonds. The van der Waals surface area contributed by atoms with Crippen LogP contribution in [0.5, 0.6) is 0 Å². The standard InChI is InChI=1S/C25H25BrCl2N4O3S/c1-25(14-16-7-9-17(26)10-8-16)23(33)31(21-12-18(27)11-19(28)13-21)24-29-15-22(32(24)25)36(34,35)30-20-5-3-2-4-6-20/h7-13,15,20,30H,2-6,14H2,1H3. The third-order valence-corrected chi connectivity index (χ3v) is 9.29.